The van der Waals surface area contributed by atoms with Gasteiger partial charge < -0.3 is 15.7 Å². The van der Waals surface area contributed by atoms with Gasteiger partial charge in [-0.05, 0) is 57.4 Å². The highest BCUT2D eigenvalue weighted by Crippen LogP contribution is 2.31. The second-order valence-electron chi connectivity index (χ2n) is 9.24. The number of aromatic nitrogens is 2. The number of amides is 1. The lowest BCUT2D eigenvalue weighted by molar-refractivity contribution is 0.0702. The van der Waals surface area contributed by atoms with Crippen LogP contribution in [0.1, 0.15) is 48.4 Å². The van der Waals surface area contributed by atoms with E-state index in [1.165, 1.54) is 12.1 Å². The smallest absolute Gasteiger partial charge is 0.274 e. The van der Waals surface area contributed by atoms with Crippen molar-refractivity contribution in [3.05, 3.63) is 76.7 Å². The normalized spacial score (nSPS) is 16.4. The molecule has 2 heterocycles. The summed E-state index contributed by atoms with van der Waals surface area (Å²) in [6.07, 6.45) is 1.71. The largest absolute Gasteiger partial charge is 0.386 e. The van der Waals surface area contributed by atoms with E-state index < -0.39 is 11.4 Å². The Labute approximate surface area is 198 Å². The Bertz CT molecular complexity index is 1270. The number of benzene rings is 2. The molecule has 1 atom stereocenters. The number of imidazole rings is 1. The molecule has 3 N–H and O–H groups in total. The number of carbonyl (C=O) groups excluding carboxylic acids is 1. The summed E-state index contributed by atoms with van der Waals surface area (Å²) >= 11 is 0. The SMILES string of the molecule is [C-]#[N+]c1ccc(-c2nc(C(=O)N3CCC[C@@H](N)C3)c(C)n2-c2ccc(C(C)(C)O)cc2)cc1F. The molecule has 1 amide bonds. The van der Waals surface area contributed by atoms with Gasteiger partial charge in [0.15, 0.2) is 0 Å². The van der Waals surface area contributed by atoms with Crippen LogP contribution in [0.4, 0.5) is 10.1 Å². The van der Waals surface area contributed by atoms with Crippen LogP contribution in [-0.2, 0) is 5.60 Å². The lowest BCUT2D eigenvalue weighted by atomic mass is 9.98. The number of carbonyl (C=O) groups is 1. The Balaban J connectivity index is 1.85. The molecule has 1 aliphatic rings. The monoisotopic (exact) mass is 461 g/mol. The number of piperidine rings is 1. The Kier molecular flexibility index (Phi) is 6.26. The molecule has 4 rings (SSSR count). The molecule has 1 aliphatic heterocycles. The molecule has 0 spiro atoms. The van der Waals surface area contributed by atoms with Crippen LogP contribution in [0.15, 0.2) is 42.5 Å². The van der Waals surface area contributed by atoms with Gasteiger partial charge >= 0.3 is 0 Å². The van der Waals surface area contributed by atoms with Gasteiger partial charge in [0.05, 0.1) is 17.9 Å². The number of aliphatic hydroxyl groups is 1. The summed E-state index contributed by atoms with van der Waals surface area (Å²) in [5.74, 6) is -0.459. The van der Waals surface area contributed by atoms with Gasteiger partial charge in [-0.15, -0.1) is 0 Å². The van der Waals surface area contributed by atoms with E-state index in [9.17, 15) is 14.3 Å². The molecule has 3 aromatic rings. The Hall–Kier alpha value is -3.54. The molecule has 1 fully saturated rings. The molecule has 0 aliphatic carbocycles. The van der Waals surface area contributed by atoms with Gasteiger partial charge in [-0.1, -0.05) is 24.3 Å². The minimum atomic E-state index is -1.00. The summed E-state index contributed by atoms with van der Waals surface area (Å²) < 4.78 is 16.3. The van der Waals surface area contributed by atoms with E-state index >= 15 is 0 Å². The number of rotatable bonds is 4. The van der Waals surface area contributed by atoms with Gasteiger partial charge in [0.1, 0.15) is 17.3 Å². The van der Waals surface area contributed by atoms with Crippen molar-refractivity contribution >= 4 is 11.6 Å². The zero-order valence-corrected chi connectivity index (χ0v) is 19.5. The zero-order chi connectivity index (χ0) is 24.6. The first-order valence-corrected chi connectivity index (χ1v) is 11.2. The molecule has 7 nitrogen and oxygen atoms in total. The topological polar surface area (TPSA) is 88.7 Å². The average molecular weight is 462 g/mol. The first-order valence-electron chi connectivity index (χ1n) is 11.2. The first kappa shape index (κ1) is 23.6. The Morgan fingerprint density at radius 2 is 1.97 bits per heavy atom. The van der Waals surface area contributed by atoms with Crippen LogP contribution in [-0.4, -0.2) is 44.6 Å². The summed E-state index contributed by atoms with van der Waals surface area (Å²) in [4.78, 5) is 23.0. The third kappa shape index (κ3) is 4.45. The van der Waals surface area contributed by atoms with E-state index in [1.54, 1.807) is 36.3 Å². The van der Waals surface area contributed by atoms with Crippen molar-refractivity contribution in [2.24, 2.45) is 5.73 Å². The molecule has 2 aromatic carbocycles. The number of nitrogens with two attached hydrogens (primary N) is 1. The Morgan fingerprint density at radius 1 is 1.26 bits per heavy atom. The highest BCUT2D eigenvalue weighted by Gasteiger charge is 2.28. The molecular formula is C26H28FN5O2. The third-order valence-electron chi connectivity index (χ3n) is 6.21. The Morgan fingerprint density at radius 3 is 2.56 bits per heavy atom. The van der Waals surface area contributed by atoms with Crippen molar-refractivity contribution in [3.63, 3.8) is 0 Å². The van der Waals surface area contributed by atoms with Gasteiger partial charge in [0.25, 0.3) is 5.91 Å². The average Bonchev–Trinajstić information content (AvgIpc) is 3.15. The predicted octanol–water partition coefficient (Wildman–Crippen LogP) is 4.33. The fourth-order valence-corrected chi connectivity index (χ4v) is 4.31. The van der Waals surface area contributed by atoms with E-state index in [2.05, 4.69) is 9.83 Å². The van der Waals surface area contributed by atoms with Crippen molar-refractivity contribution in [3.8, 4) is 17.1 Å². The summed E-state index contributed by atoms with van der Waals surface area (Å²) in [5, 5.41) is 10.3. The minimum Gasteiger partial charge on any atom is -0.386 e. The van der Waals surface area contributed by atoms with Crippen molar-refractivity contribution in [1.82, 2.24) is 14.5 Å². The van der Waals surface area contributed by atoms with Crippen molar-refractivity contribution in [1.29, 1.82) is 0 Å². The lowest BCUT2D eigenvalue weighted by Gasteiger charge is -2.30. The molecule has 8 heteroatoms. The molecule has 0 unspecified atom stereocenters. The van der Waals surface area contributed by atoms with E-state index in [-0.39, 0.29) is 23.3 Å². The number of nitrogens with zero attached hydrogens (tertiary/aromatic N) is 4. The number of likely N-dealkylation sites (tertiary alicyclic amines) is 1. The molecule has 0 saturated carbocycles. The quantitative estimate of drug-likeness (QED) is 0.566. The van der Waals surface area contributed by atoms with Crippen LogP contribution in [0.5, 0.6) is 0 Å². The van der Waals surface area contributed by atoms with Crippen molar-refractivity contribution in [2.75, 3.05) is 13.1 Å². The summed E-state index contributed by atoms with van der Waals surface area (Å²) in [6.45, 7) is 13.4. The molecule has 176 valence electrons. The standard InChI is InChI=1S/C26H28FN5O2/c1-16-23(25(33)31-13-5-6-19(28)15-31)30-24(17-7-12-22(29-4)21(27)14-17)32(16)20-10-8-18(9-11-20)26(2,3)34/h7-12,14,19,34H,5-6,13,15,28H2,1-3H3/t19-/m1/s1. The maximum Gasteiger partial charge on any atom is 0.274 e. The third-order valence-corrected chi connectivity index (χ3v) is 6.21. The van der Waals surface area contributed by atoms with Gasteiger partial charge in [-0.2, -0.15) is 0 Å². The van der Waals surface area contributed by atoms with Crippen LogP contribution in [0.2, 0.25) is 0 Å². The van der Waals surface area contributed by atoms with Gasteiger partial charge in [-0.3, -0.25) is 9.36 Å². The number of halogens is 1. The minimum absolute atomic E-state index is 0.0656. The van der Waals surface area contributed by atoms with Gasteiger partial charge in [0.2, 0.25) is 5.69 Å². The molecule has 1 aromatic heterocycles. The molecule has 0 bridgehead atoms. The first-order chi connectivity index (χ1) is 16.1. The zero-order valence-electron chi connectivity index (χ0n) is 19.5. The lowest BCUT2D eigenvalue weighted by Crippen LogP contribution is -2.46. The van der Waals surface area contributed by atoms with Crippen LogP contribution in [0.25, 0.3) is 21.9 Å². The maximum absolute atomic E-state index is 14.5. The highest BCUT2D eigenvalue weighted by atomic mass is 19.1. The second kappa shape index (κ2) is 9.01. The molecule has 1 saturated heterocycles. The molecular weight excluding hydrogens is 433 g/mol. The predicted molar refractivity (Wildman–Crippen MR) is 128 cm³/mol. The van der Waals surface area contributed by atoms with E-state index in [4.69, 9.17) is 12.3 Å². The maximum atomic E-state index is 14.5. The summed E-state index contributed by atoms with van der Waals surface area (Å²) in [6, 6.07) is 11.5. The number of hydrogen-bond acceptors (Lipinski definition) is 4. The van der Waals surface area contributed by atoms with Gasteiger partial charge in [0, 0.05) is 30.4 Å². The van der Waals surface area contributed by atoms with E-state index in [0.29, 0.717) is 30.2 Å². The van der Waals surface area contributed by atoms with Crippen LogP contribution < -0.4 is 5.73 Å². The van der Waals surface area contributed by atoms with Gasteiger partial charge in [-0.25, -0.2) is 14.2 Å². The molecule has 34 heavy (non-hydrogen) atoms. The van der Waals surface area contributed by atoms with E-state index in [0.717, 1.165) is 24.1 Å². The fraction of sp³-hybridized carbons (Fsp3) is 0.346. The van der Waals surface area contributed by atoms with Crippen molar-refractivity contribution < 1.29 is 14.3 Å². The second-order valence-corrected chi connectivity index (χ2v) is 9.24. The highest BCUT2D eigenvalue weighted by molar-refractivity contribution is 5.94. The van der Waals surface area contributed by atoms with Crippen molar-refractivity contribution in [2.45, 2.75) is 45.3 Å². The van der Waals surface area contributed by atoms with Crippen LogP contribution in [0, 0.1) is 19.3 Å². The van der Waals surface area contributed by atoms with Crippen LogP contribution >= 0.6 is 0 Å². The fourth-order valence-electron chi connectivity index (χ4n) is 4.31. The van der Waals surface area contributed by atoms with Crippen LogP contribution in [0.3, 0.4) is 0 Å². The summed E-state index contributed by atoms with van der Waals surface area (Å²) in [7, 11) is 0. The number of hydrogen-bond donors (Lipinski definition) is 2. The van der Waals surface area contributed by atoms with E-state index in [1.807, 2.05) is 24.3 Å². The summed E-state index contributed by atoms with van der Waals surface area (Å²) in [5.41, 5.74) is 7.81. The molecule has 0 radical (unpaired) electrons.